The maximum atomic E-state index is 13.5. The van der Waals surface area contributed by atoms with Crippen molar-refractivity contribution in [3.8, 4) is 0 Å². The van der Waals surface area contributed by atoms with Crippen molar-refractivity contribution < 1.29 is 19.1 Å². The van der Waals surface area contributed by atoms with Crippen LogP contribution in [0.15, 0.2) is 29.4 Å². The third-order valence-electron chi connectivity index (χ3n) is 7.32. The van der Waals surface area contributed by atoms with Crippen molar-refractivity contribution in [2.45, 2.75) is 57.8 Å². The maximum absolute atomic E-state index is 13.5. The highest BCUT2D eigenvalue weighted by Gasteiger charge is 2.53. The zero-order valence-electron chi connectivity index (χ0n) is 21.5. The van der Waals surface area contributed by atoms with E-state index in [2.05, 4.69) is 27.2 Å². The van der Waals surface area contributed by atoms with Gasteiger partial charge in [-0.15, -0.1) is 0 Å². The molecular weight excluding hydrogens is 460 g/mol. The zero-order valence-corrected chi connectivity index (χ0v) is 21.5. The lowest BCUT2D eigenvalue weighted by Gasteiger charge is -2.36. The summed E-state index contributed by atoms with van der Waals surface area (Å²) < 4.78 is 5.51. The molecule has 0 bridgehead atoms. The zero-order chi connectivity index (χ0) is 25.8. The second-order valence-corrected chi connectivity index (χ2v) is 10.4. The molecule has 0 aliphatic carbocycles. The van der Waals surface area contributed by atoms with Crippen LogP contribution in [0.25, 0.3) is 0 Å². The second-order valence-electron chi connectivity index (χ2n) is 10.4. The second kappa shape index (κ2) is 11.5. The summed E-state index contributed by atoms with van der Waals surface area (Å²) in [5, 5.41) is 6.48. The Labute approximate surface area is 212 Å². The van der Waals surface area contributed by atoms with Gasteiger partial charge >= 0.3 is 0 Å². The molecule has 36 heavy (non-hydrogen) atoms. The number of carbonyl (C=O) groups is 3. The van der Waals surface area contributed by atoms with Gasteiger partial charge in [-0.25, -0.2) is 5.53 Å². The number of nitrogens with one attached hydrogen (secondary N) is 2. The minimum absolute atomic E-state index is 0.0770. The predicted molar refractivity (Wildman–Crippen MR) is 135 cm³/mol. The largest absolute Gasteiger partial charge is 0.369 e. The number of anilines is 1. The van der Waals surface area contributed by atoms with E-state index >= 15 is 0 Å². The number of ether oxygens (including phenoxy) is 1. The minimum Gasteiger partial charge on any atom is -0.369 e. The Morgan fingerprint density at radius 3 is 2.47 bits per heavy atom. The van der Waals surface area contributed by atoms with E-state index in [1.807, 2.05) is 26.0 Å². The first kappa shape index (κ1) is 26.2. The molecule has 0 saturated carbocycles. The monoisotopic (exact) mass is 498 g/mol. The Bertz CT molecular complexity index is 960. The average molecular weight is 499 g/mol. The van der Waals surface area contributed by atoms with E-state index in [1.165, 1.54) is 4.90 Å². The SMILES string of the molecule is CCCN1CCN(c2ccc(C(=O)N[C@@H](CC(C)C)C(=O)N3C[C@@H](N=N)C4OCC(=O)C43)cc2)CC1. The number of amides is 2. The van der Waals surface area contributed by atoms with Gasteiger partial charge in [0.15, 0.2) is 5.78 Å². The lowest BCUT2D eigenvalue weighted by Crippen LogP contribution is -2.52. The topological polar surface area (TPSA) is 118 Å². The Kier molecular flexibility index (Phi) is 8.35. The number of carbonyl (C=O) groups excluding carboxylic acids is 3. The van der Waals surface area contributed by atoms with Gasteiger partial charge in [-0.1, -0.05) is 20.8 Å². The third-order valence-corrected chi connectivity index (χ3v) is 7.32. The Morgan fingerprint density at radius 1 is 1.17 bits per heavy atom. The molecule has 3 aliphatic rings. The van der Waals surface area contributed by atoms with Gasteiger partial charge in [-0.3, -0.25) is 19.3 Å². The highest BCUT2D eigenvalue weighted by molar-refractivity contribution is 5.99. The van der Waals surface area contributed by atoms with Crippen molar-refractivity contribution in [2.75, 3.05) is 50.8 Å². The molecule has 0 aromatic heterocycles. The van der Waals surface area contributed by atoms with Crippen LogP contribution in [0.2, 0.25) is 0 Å². The van der Waals surface area contributed by atoms with E-state index in [1.54, 1.807) is 12.1 Å². The number of Topliss-reactive ketones (excluding diaryl/α,β-unsaturated/α-hetero) is 1. The van der Waals surface area contributed by atoms with Gasteiger partial charge in [0.25, 0.3) is 5.91 Å². The molecule has 4 rings (SSSR count). The molecule has 0 radical (unpaired) electrons. The molecule has 2 N–H and O–H groups in total. The summed E-state index contributed by atoms with van der Waals surface area (Å²) in [5.41, 5.74) is 9.01. The summed E-state index contributed by atoms with van der Waals surface area (Å²) in [6.07, 6.45) is 1.02. The van der Waals surface area contributed by atoms with E-state index < -0.39 is 24.2 Å². The van der Waals surface area contributed by atoms with Crippen LogP contribution in [0.5, 0.6) is 0 Å². The number of rotatable bonds is 9. The van der Waals surface area contributed by atoms with Crippen molar-refractivity contribution in [3.63, 3.8) is 0 Å². The number of hydrogen-bond acceptors (Lipinski definition) is 8. The number of piperazine rings is 1. The first-order valence-corrected chi connectivity index (χ1v) is 13.0. The molecule has 3 fully saturated rings. The summed E-state index contributed by atoms with van der Waals surface area (Å²) >= 11 is 0. The van der Waals surface area contributed by atoms with Gasteiger partial charge in [-0.05, 0) is 49.6 Å². The Balaban J connectivity index is 1.42. The van der Waals surface area contributed by atoms with Gasteiger partial charge in [0.1, 0.15) is 30.8 Å². The molecule has 1 aromatic rings. The van der Waals surface area contributed by atoms with E-state index in [0.29, 0.717) is 12.0 Å². The first-order valence-electron chi connectivity index (χ1n) is 13.0. The molecule has 2 unspecified atom stereocenters. The Morgan fingerprint density at radius 2 is 1.86 bits per heavy atom. The first-order chi connectivity index (χ1) is 17.3. The third kappa shape index (κ3) is 5.59. The molecular formula is C26H38N6O4. The molecule has 196 valence electrons. The molecule has 3 aliphatic heterocycles. The fourth-order valence-corrected chi connectivity index (χ4v) is 5.48. The van der Waals surface area contributed by atoms with Crippen LogP contribution in [-0.4, -0.2) is 97.5 Å². The maximum Gasteiger partial charge on any atom is 0.251 e. The molecule has 3 saturated heterocycles. The van der Waals surface area contributed by atoms with Crippen LogP contribution in [0, 0.1) is 11.4 Å². The van der Waals surface area contributed by atoms with Crippen LogP contribution in [0.3, 0.4) is 0 Å². The summed E-state index contributed by atoms with van der Waals surface area (Å²) in [4.78, 5) is 45.3. The van der Waals surface area contributed by atoms with Crippen molar-refractivity contribution in [1.29, 1.82) is 5.53 Å². The molecule has 4 atom stereocenters. The predicted octanol–water partition coefficient (Wildman–Crippen LogP) is 1.94. The summed E-state index contributed by atoms with van der Waals surface area (Å²) in [5.74, 6) is -0.669. The van der Waals surface area contributed by atoms with Crippen LogP contribution in [0.4, 0.5) is 5.69 Å². The van der Waals surface area contributed by atoms with Gasteiger partial charge < -0.3 is 19.9 Å². The highest BCUT2D eigenvalue weighted by Crippen LogP contribution is 2.30. The fourth-order valence-electron chi connectivity index (χ4n) is 5.48. The number of benzene rings is 1. The average Bonchev–Trinajstić information content (AvgIpc) is 3.44. The molecule has 0 spiro atoms. The van der Waals surface area contributed by atoms with Crippen molar-refractivity contribution in [1.82, 2.24) is 15.1 Å². The van der Waals surface area contributed by atoms with Crippen LogP contribution < -0.4 is 10.2 Å². The molecule has 1 aromatic carbocycles. The van der Waals surface area contributed by atoms with E-state index in [4.69, 9.17) is 10.3 Å². The smallest absolute Gasteiger partial charge is 0.251 e. The van der Waals surface area contributed by atoms with Crippen LogP contribution in [0.1, 0.15) is 44.0 Å². The number of hydrogen-bond donors (Lipinski definition) is 2. The van der Waals surface area contributed by atoms with Gasteiger partial charge in [0, 0.05) is 44.0 Å². The number of likely N-dealkylation sites (tertiary alicyclic amines) is 1. The molecule has 3 heterocycles. The van der Waals surface area contributed by atoms with Gasteiger partial charge in [0.05, 0.1) is 0 Å². The normalized spacial score (nSPS) is 25.2. The highest BCUT2D eigenvalue weighted by atomic mass is 16.5. The summed E-state index contributed by atoms with van der Waals surface area (Å²) in [7, 11) is 0. The van der Waals surface area contributed by atoms with Crippen molar-refractivity contribution in [3.05, 3.63) is 29.8 Å². The molecule has 10 heteroatoms. The standard InChI is InChI=1S/C26H38N6O4/c1-4-9-30-10-12-31(13-11-30)19-7-5-18(6-8-19)25(34)28-20(14-17(2)3)26(35)32-15-21(29-27)24-23(32)22(33)16-36-24/h5-8,17,20-21,23-24,27H,4,9-16H2,1-3H3,(H,28,34)/t20-,21+,23?,24?/m0/s1. The van der Waals surface area contributed by atoms with Crippen LogP contribution in [-0.2, 0) is 14.3 Å². The van der Waals surface area contributed by atoms with Crippen molar-refractivity contribution >= 4 is 23.3 Å². The van der Waals surface area contributed by atoms with E-state index in [0.717, 1.165) is 44.8 Å². The fraction of sp³-hybridized carbons (Fsp3) is 0.654. The number of ketones is 1. The summed E-state index contributed by atoms with van der Waals surface area (Å²) in [6, 6.07) is 5.46. The van der Waals surface area contributed by atoms with E-state index in [9.17, 15) is 14.4 Å². The lowest BCUT2D eigenvalue weighted by atomic mass is 10.0. The lowest BCUT2D eigenvalue weighted by molar-refractivity contribution is -0.138. The quantitative estimate of drug-likeness (QED) is 0.503. The van der Waals surface area contributed by atoms with Crippen LogP contribution >= 0.6 is 0 Å². The molecule has 2 amide bonds. The number of fused-ring (bicyclic) bond motifs is 1. The van der Waals surface area contributed by atoms with Crippen molar-refractivity contribution in [2.24, 2.45) is 11.0 Å². The van der Waals surface area contributed by atoms with Gasteiger partial charge in [-0.2, -0.15) is 5.11 Å². The molecule has 10 nitrogen and oxygen atoms in total. The number of nitrogens with zero attached hydrogens (tertiary/aromatic N) is 4. The van der Waals surface area contributed by atoms with E-state index in [-0.39, 0.29) is 36.7 Å². The summed E-state index contributed by atoms with van der Waals surface area (Å²) in [6.45, 7) is 11.4. The minimum atomic E-state index is -0.776. The van der Waals surface area contributed by atoms with Gasteiger partial charge in [0.2, 0.25) is 5.91 Å². The Hall–Kier alpha value is -2.85.